The molecule has 4 N–H and O–H groups in total. The zero-order valence-electron chi connectivity index (χ0n) is 9.42. The predicted molar refractivity (Wildman–Crippen MR) is 63.1 cm³/mol. The number of nitrogens with two attached hydrogens (primary N) is 1. The molecule has 0 aliphatic rings. The Balaban J connectivity index is 2.11. The van der Waals surface area contributed by atoms with Gasteiger partial charge in [-0.2, -0.15) is 18.3 Å². The molecule has 0 fully saturated rings. The summed E-state index contributed by atoms with van der Waals surface area (Å²) in [6.45, 7) is 0. The Kier molecular flexibility index (Phi) is 2.28. The van der Waals surface area contributed by atoms with Gasteiger partial charge in [0.2, 0.25) is 0 Å². The van der Waals surface area contributed by atoms with Crippen LogP contribution in [0.15, 0.2) is 24.3 Å². The van der Waals surface area contributed by atoms with E-state index >= 15 is 0 Å². The maximum absolute atomic E-state index is 12.6. The van der Waals surface area contributed by atoms with Crippen molar-refractivity contribution in [1.82, 2.24) is 20.2 Å². The quantitative estimate of drug-likeness (QED) is 0.633. The second-order valence-electron chi connectivity index (χ2n) is 4.02. The topological polar surface area (TPSA) is 83.4 Å². The van der Waals surface area contributed by atoms with Gasteiger partial charge in [-0.25, -0.2) is 4.98 Å². The van der Waals surface area contributed by atoms with E-state index in [2.05, 4.69) is 20.2 Å². The molecule has 3 aromatic rings. The first-order valence-corrected chi connectivity index (χ1v) is 5.32. The number of aromatic nitrogens is 4. The monoisotopic (exact) mass is 267 g/mol. The number of nitrogen functional groups attached to an aromatic ring is 1. The first-order valence-electron chi connectivity index (χ1n) is 5.32. The van der Waals surface area contributed by atoms with Crippen LogP contribution >= 0.6 is 0 Å². The van der Waals surface area contributed by atoms with Crippen molar-refractivity contribution in [3.63, 3.8) is 0 Å². The summed E-state index contributed by atoms with van der Waals surface area (Å²) in [6.07, 6.45) is -4.38. The third kappa shape index (κ3) is 2.01. The molecule has 3 rings (SSSR count). The van der Waals surface area contributed by atoms with Gasteiger partial charge in [-0.3, -0.25) is 5.10 Å². The van der Waals surface area contributed by atoms with Crippen LogP contribution < -0.4 is 5.73 Å². The molecule has 0 saturated heterocycles. The maximum Gasteiger partial charge on any atom is 0.416 e. The summed E-state index contributed by atoms with van der Waals surface area (Å²) in [5.74, 6) is 0.671. The SMILES string of the molecule is Nc1cc(-c2nc3ccc(C(F)(F)F)cc3[nH]2)[nH]n1. The lowest BCUT2D eigenvalue weighted by atomic mass is 10.2. The number of anilines is 1. The summed E-state index contributed by atoms with van der Waals surface area (Å²) in [7, 11) is 0. The minimum Gasteiger partial charge on any atom is -0.382 e. The van der Waals surface area contributed by atoms with Crippen LogP contribution in [0.1, 0.15) is 5.56 Å². The van der Waals surface area contributed by atoms with Crippen molar-refractivity contribution in [2.45, 2.75) is 6.18 Å². The minimum atomic E-state index is -4.38. The number of alkyl halides is 3. The number of hydrogen-bond donors (Lipinski definition) is 3. The number of nitrogens with one attached hydrogen (secondary N) is 2. The molecule has 5 nitrogen and oxygen atoms in total. The maximum atomic E-state index is 12.6. The average molecular weight is 267 g/mol. The number of hydrogen-bond acceptors (Lipinski definition) is 3. The summed E-state index contributed by atoms with van der Waals surface area (Å²) >= 11 is 0. The Morgan fingerprint density at radius 3 is 2.58 bits per heavy atom. The third-order valence-corrected chi connectivity index (χ3v) is 2.66. The van der Waals surface area contributed by atoms with Crippen molar-refractivity contribution >= 4 is 16.9 Å². The molecule has 19 heavy (non-hydrogen) atoms. The summed E-state index contributed by atoms with van der Waals surface area (Å²) in [5.41, 5.74) is 6.00. The van der Waals surface area contributed by atoms with Crippen molar-refractivity contribution < 1.29 is 13.2 Å². The first-order chi connectivity index (χ1) is 8.93. The lowest BCUT2D eigenvalue weighted by Crippen LogP contribution is -2.04. The molecule has 98 valence electrons. The highest BCUT2D eigenvalue weighted by Crippen LogP contribution is 2.31. The lowest BCUT2D eigenvalue weighted by Gasteiger charge is -2.05. The van der Waals surface area contributed by atoms with Gasteiger partial charge in [0.1, 0.15) is 11.5 Å². The van der Waals surface area contributed by atoms with Gasteiger partial charge >= 0.3 is 6.18 Å². The van der Waals surface area contributed by atoms with E-state index in [4.69, 9.17) is 5.73 Å². The van der Waals surface area contributed by atoms with E-state index in [9.17, 15) is 13.2 Å². The molecule has 0 aliphatic heterocycles. The van der Waals surface area contributed by atoms with Crippen LogP contribution in [0.4, 0.5) is 19.0 Å². The molecular weight excluding hydrogens is 259 g/mol. The molecule has 0 unspecified atom stereocenters. The van der Waals surface area contributed by atoms with Gasteiger partial charge in [-0.15, -0.1) is 0 Å². The number of H-pyrrole nitrogens is 2. The smallest absolute Gasteiger partial charge is 0.382 e. The van der Waals surface area contributed by atoms with Crippen LogP contribution in [-0.4, -0.2) is 20.2 Å². The first kappa shape index (κ1) is 11.6. The second kappa shape index (κ2) is 3.74. The van der Waals surface area contributed by atoms with Gasteiger partial charge < -0.3 is 10.7 Å². The highest BCUT2D eigenvalue weighted by atomic mass is 19.4. The molecule has 0 bridgehead atoms. The predicted octanol–water partition coefficient (Wildman–Crippen LogP) is 2.55. The Morgan fingerprint density at radius 1 is 1.16 bits per heavy atom. The van der Waals surface area contributed by atoms with Gasteiger partial charge in [0.05, 0.1) is 16.6 Å². The summed E-state index contributed by atoms with van der Waals surface area (Å²) in [4.78, 5) is 6.97. The van der Waals surface area contributed by atoms with E-state index in [0.29, 0.717) is 22.6 Å². The van der Waals surface area contributed by atoms with Crippen LogP contribution in [0.25, 0.3) is 22.6 Å². The van der Waals surface area contributed by atoms with E-state index < -0.39 is 11.7 Å². The number of halogens is 3. The number of benzene rings is 1. The molecule has 0 aliphatic carbocycles. The van der Waals surface area contributed by atoms with Crippen LogP contribution in [0.2, 0.25) is 0 Å². The summed E-state index contributed by atoms with van der Waals surface area (Å²) in [5, 5.41) is 6.37. The van der Waals surface area contributed by atoms with Crippen LogP contribution in [0.5, 0.6) is 0 Å². The number of nitrogens with zero attached hydrogens (tertiary/aromatic N) is 2. The van der Waals surface area contributed by atoms with Crippen LogP contribution in [0.3, 0.4) is 0 Å². The fourth-order valence-electron chi connectivity index (χ4n) is 1.77. The summed E-state index contributed by atoms with van der Waals surface area (Å²) < 4.78 is 37.7. The van der Waals surface area contributed by atoms with E-state index in [-0.39, 0.29) is 5.82 Å². The molecule has 0 spiro atoms. The highest BCUT2D eigenvalue weighted by molar-refractivity contribution is 5.79. The van der Waals surface area contributed by atoms with E-state index in [1.807, 2.05) is 0 Å². The van der Waals surface area contributed by atoms with Gasteiger partial charge in [-0.1, -0.05) is 0 Å². The number of imidazole rings is 1. The van der Waals surface area contributed by atoms with Crippen molar-refractivity contribution in [3.05, 3.63) is 29.8 Å². The summed E-state index contributed by atoms with van der Waals surface area (Å²) in [6, 6.07) is 4.88. The fraction of sp³-hybridized carbons (Fsp3) is 0.0909. The molecule has 0 saturated carbocycles. The fourth-order valence-corrected chi connectivity index (χ4v) is 1.77. The van der Waals surface area contributed by atoms with Gasteiger partial charge in [0.15, 0.2) is 5.82 Å². The third-order valence-electron chi connectivity index (χ3n) is 2.66. The Labute approximate surface area is 104 Å². The molecule has 2 aromatic heterocycles. The molecule has 0 radical (unpaired) electrons. The van der Waals surface area contributed by atoms with Crippen LogP contribution in [-0.2, 0) is 6.18 Å². The average Bonchev–Trinajstić information content (AvgIpc) is 2.92. The molecular formula is C11H8F3N5. The van der Waals surface area contributed by atoms with Crippen molar-refractivity contribution in [2.24, 2.45) is 0 Å². The molecule has 8 heteroatoms. The molecule has 0 atom stereocenters. The van der Waals surface area contributed by atoms with E-state index in [1.165, 1.54) is 6.07 Å². The van der Waals surface area contributed by atoms with Crippen molar-refractivity contribution in [1.29, 1.82) is 0 Å². The van der Waals surface area contributed by atoms with Gasteiger partial charge in [-0.05, 0) is 18.2 Å². The minimum absolute atomic E-state index is 0.284. The molecule has 0 amide bonds. The largest absolute Gasteiger partial charge is 0.416 e. The standard InChI is InChI=1S/C11H8F3N5/c12-11(13,14)5-1-2-6-7(3-5)17-10(16-6)8-4-9(15)19-18-8/h1-4H,(H,16,17)(H3,15,18,19). The molecule has 2 heterocycles. The van der Waals surface area contributed by atoms with Gasteiger partial charge in [0.25, 0.3) is 0 Å². The Bertz CT molecular complexity index is 740. The highest BCUT2D eigenvalue weighted by Gasteiger charge is 2.30. The Morgan fingerprint density at radius 2 is 1.95 bits per heavy atom. The normalized spacial score (nSPS) is 12.2. The number of rotatable bonds is 1. The number of aromatic amines is 2. The Hall–Kier alpha value is -2.51. The molecule has 1 aromatic carbocycles. The lowest BCUT2D eigenvalue weighted by molar-refractivity contribution is -0.137. The zero-order valence-corrected chi connectivity index (χ0v) is 9.42. The van der Waals surface area contributed by atoms with E-state index in [0.717, 1.165) is 12.1 Å². The second-order valence-corrected chi connectivity index (χ2v) is 4.02. The zero-order chi connectivity index (χ0) is 13.6. The van der Waals surface area contributed by atoms with Gasteiger partial charge in [0, 0.05) is 6.07 Å². The van der Waals surface area contributed by atoms with Crippen molar-refractivity contribution in [2.75, 3.05) is 5.73 Å². The number of fused-ring (bicyclic) bond motifs is 1. The van der Waals surface area contributed by atoms with E-state index in [1.54, 1.807) is 6.07 Å². The van der Waals surface area contributed by atoms with Crippen LogP contribution in [0, 0.1) is 0 Å². The van der Waals surface area contributed by atoms with Crippen molar-refractivity contribution in [3.8, 4) is 11.5 Å².